The van der Waals surface area contributed by atoms with Gasteiger partial charge in [0.05, 0.1) is 14.2 Å². The zero-order valence-corrected chi connectivity index (χ0v) is 13.6. The molecule has 118 valence electrons. The molecule has 0 aliphatic rings. The van der Waals surface area contributed by atoms with Crippen LogP contribution < -0.4 is 14.8 Å². The Bertz CT molecular complexity index is 423. The maximum atomic E-state index is 12.4. The summed E-state index contributed by atoms with van der Waals surface area (Å²) < 4.78 is 10.5. The first-order chi connectivity index (χ1) is 10.2. The van der Waals surface area contributed by atoms with Crippen molar-refractivity contribution in [3.05, 3.63) is 23.8 Å². The van der Waals surface area contributed by atoms with Gasteiger partial charge in [0.15, 0.2) is 0 Å². The third-order valence-electron chi connectivity index (χ3n) is 3.75. The SMILES string of the molecule is CCCCC(CC)CNC(=O)c1c(OC)cccc1OC. The second-order valence-corrected chi connectivity index (χ2v) is 5.16. The van der Waals surface area contributed by atoms with E-state index in [0.29, 0.717) is 29.5 Å². The van der Waals surface area contributed by atoms with Gasteiger partial charge >= 0.3 is 0 Å². The molecule has 4 heteroatoms. The van der Waals surface area contributed by atoms with Crippen molar-refractivity contribution in [3.8, 4) is 11.5 Å². The molecule has 0 aliphatic carbocycles. The van der Waals surface area contributed by atoms with E-state index in [1.807, 2.05) is 6.07 Å². The average molecular weight is 293 g/mol. The van der Waals surface area contributed by atoms with Gasteiger partial charge in [-0.15, -0.1) is 0 Å². The summed E-state index contributed by atoms with van der Waals surface area (Å²) in [6.07, 6.45) is 4.61. The maximum absolute atomic E-state index is 12.4. The summed E-state index contributed by atoms with van der Waals surface area (Å²) >= 11 is 0. The highest BCUT2D eigenvalue weighted by Crippen LogP contribution is 2.28. The van der Waals surface area contributed by atoms with Crippen LogP contribution in [0.3, 0.4) is 0 Å². The summed E-state index contributed by atoms with van der Waals surface area (Å²) in [5, 5.41) is 3.01. The number of benzene rings is 1. The first kappa shape index (κ1) is 17.3. The fourth-order valence-electron chi connectivity index (χ4n) is 2.34. The van der Waals surface area contributed by atoms with Gasteiger partial charge in [0.25, 0.3) is 5.91 Å². The smallest absolute Gasteiger partial charge is 0.258 e. The summed E-state index contributed by atoms with van der Waals surface area (Å²) in [4.78, 5) is 12.4. The van der Waals surface area contributed by atoms with Crippen molar-refractivity contribution < 1.29 is 14.3 Å². The highest BCUT2D eigenvalue weighted by Gasteiger charge is 2.18. The van der Waals surface area contributed by atoms with Crippen LogP contribution in [-0.4, -0.2) is 26.7 Å². The van der Waals surface area contributed by atoms with Crippen molar-refractivity contribution in [1.82, 2.24) is 5.32 Å². The van der Waals surface area contributed by atoms with Gasteiger partial charge in [-0.3, -0.25) is 4.79 Å². The lowest BCUT2D eigenvalue weighted by Crippen LogP contribution is -2.29. The molecule has 0 radical (unpaired) electrons. The molecular formula is C17H27NO3. The molecule has 0 saturated carbocycles. The summed E-state index contributed by atoms with van der Waals surface area (Å²) in [7, 11) is 3.11. The van der Waals surface area contributed by atoms with E-state index in [0.717, 1.165) is 12.8 Å². The van der Waals surface area contributed by atoms with E-state index in [1.54, 1.807) is 26.4 Å². The minimum Gasteiger partial charge on any atom is -0.496 e. The molecule has 0 fully saturated rings. The fourth-order valence-corrected chi connectivity index (χ4v) is 2.34. The lowest BCUT2D eigenvalue weighted by Gasteiger charge is -2.17. The molecule has 1 unspecified atom stereocenters. The Hall–Kier alpha value is -1.71. The van der Waals surface area contributed by atoms with E-state index in [4.69, 9.17) is 9.47 Å². The highest BCUT2D eigenvalue weighted by molar-refractivity contribution is 5.99. The van der Waals surface area contributed by atoms with Crippen LogP contribution in [0.15, 0.2) is 18.2 Å². The van der Waals surface area contributed by atoms with Gasteiger partial charge in [0.1, 0.15) is 17.1 Å². The van der Waals surface area contributed by atoms with Gasteiger partial charge in [0.2, 0.25) is 0 Å². The van der Waals surface area contributed by atoms with Crippen LogP contribution >= 0.6 is 0 Å². The number of carbonyl (C=O) groups is 1. The molecule has 1 amide bonds. The van der Waals surface area contributed by atoms with E-state index < -0.39 is 0 Å². The fraction of sp³-hybridized carbons (Fsp3) is 0.588. The van der Waals surface area contributed by atoms with Gasteiger partial charge in [-0.2, -0.15) is 0 Å². The predicted octanol–water partition coefficient (Wildman–Crippen LogP) is 3.65. The Kier molecular flexibility index (Phi) is 7.65. The Morgan fingerprint density at radius 3 is 2.29 bits per heavy atom. The standard InChI is InChI=1S/C17H27NO3/c1-5-7-9-13(6-2)12-18-17(19)16-14(20-3)10-8-11-15(16)21-4/h8,10-11,13H,5-7,9,12H2,1-4H3,(H,18,19). The Balaban J connectivity index is 2.75. The largest absolute Gasteiger partial charge is 0.496 e. The summed E-state index contributed by atoms with van der Waals surface area (Å²) in [5.41, 5.74) is 0.466. The maximum Gasteiger partial charge on any atom is 0.258 e. The monoisotopic (exact) mass is 293 g/mol. The number of rotatable bonds is 9. The van der Waals surface area contributed by atoms with Crippen LogP contribution in [-0.2, 0) is 0 Å². The molecule has 1 aromatic carbocycles. The molecule has 4 nitrogen and oxygen atoms in total. The second kappa shape index (κ2) is 9.27. The van der Waals surface area contributed by atoms with Gasteiger partial charge in [-0.05, 0) is 24.5 Å². The van der Waals surface area contributed by atoms with Crippen LogP contribution in [0.2, 0.25) is 0 Å². The van der Waals surface area contributed by atoms with Crippen molar-refractivity contribution in [3.63, 3.8) is 0 Å². The number of nitrogens with one attached hydrogen (secondary N) is 1. The van der Waals surface area contributed by atoms with Crippen LogP contribution in [0.4, 0.5) is 0 Å². The van der Waals surface area contributed by atoms with Crippen LogP contribution in [0.25, 0.3) is 0 Å². The third kappa shape index (κ3) is 4.96. The van der Waals surface area contributed by atoms with E-state index in [-0.39, 0.29) is 5.91 Å². The van der Waals surface area contributed by atoms with Crippen molar-refractivity contribution in [2.75, 3.05) is 20.8 Å². The van der Waals surface area contributed by atoms with Crippen molar-refractivity contribution in [2.24, 2.45) is 5.92 Å². The van der Waals surface area contributed by atoms with Crippen molar-refractivity contribution in [2.45, 2.75) is 39.5 Å². The minimum absolute atomic E-state index is 0.140. The molecule has 21 heavy (non-hydrogen) atoms. The number of unbranched alkanes of at least 4 members (excludes halogenated alkanes) is 1. The molecule has 0 spiro atoms. The number of methoxy groups -OCH3 is 2. The number of hydrogen-bond acceptors (Lipinski definition) is 3. The highest BCUT2D eigenvalue weighted by atomic mass is 16.5. The number of hydrogen-bond donors (Lipinski definition) is 1. The van der Waals surface area contributed by atoms with E-state index >= 15 is 0 Å². The van der Waals surface area contributed by atoms with Gasteiger partial charge in [-0.1, -0.05) is 39.2 Å². The van der Waals surface area contributed by atoms with Gasteiger partial charge in [-0.25, -0.2) is 0 Å². The summed E-state index contributed by atoms with van der Waals surface area (Å²) in [6.45, 7) is 5.04. The average Bonchev–Trinajstić information content (AvgIpc) is 2.53. The third-order valence-corrected chi connectivity index (χ3v) is 3.75. The van der Waals surface area contributed by atoms with Gasteiger partial charge in [0, 0.05) is 6.54 Å². The topological polar surface area (TPSA) is 47.6 Å². The van der Waals surface area contributed by atoms with Crippen LogP contribution in [0, 0.1) is 5.92 Å². The lowest BCUT2D eigenvalue weighted by atomic mass is 9.99. The zero-order valence-electron chi connectivity index (χ0n) is 13.6. The first-order valence-corrected chi connectivity index (χ1v) is 7.67. The van der Waals surface area contributed by atoms with Crippen LogP contribution in [0.1, 0.15) is 49.9 Å². The molecule has 1 N–H and O–H groups in total. The molecule has 1 atom stereocenters. The first-order valence-electron chi connectivity index (χ1n) is 7.67. The molecule has 0 bridgehead atoms. The molecule has 0 heterocycles. The normalized spacial score (nSPS) is 11.8. The number of carbonyl (C=O) groups excluding carboxylic acids is 1. The Morgan fingerprint density at radius 1 is 1.19 bits per heavy atom. The summed E-state index contributed by atoms with van der Waals surface area (Å²) in [6, 6.07) is 5.35. The van der Waals surface area contributed by atoms with Crippen molar-refractivity contribution >= 4 is 5.91 Å². The lowest BCUT2D eigenvalue weighted by molar-refractivity contribution is 0.0939. The van der Waals surface area contributed by atoms with Crippen molar-refractivity contribution in [1.29, 1.82) is 0 Å². The van der Waals surface area contributed by atoms with E-state index in [1.165, 1.54) is 12.8 Å². The quantitative estimate of drug-likeness (QED) is 0.756. The van der Waals surface area contributed by atoms with Crippen LogP contribution in [0.5, 0.6) is 11.5 Å². The number of ether oxygens (including phenoxy) is 2. The molecule has 0 saturated heterocycles. The summed E-state index contributed by atoms with van der Waals surface area (Å²) in [5.74, 6) is 1.45. The van der Waals surface area contributed by atoms with E-state index in [2.05, 4.69) is 19.2 Å². The Morgan fingerprint density at radius 2 is 1.81 bits per heavy atom. The molecule has 1 rings (SSSR count). The Labute approximate surface area is 127 Å². The number of amides is 1. The van der Waals surface area contributed by atoms with Gasteiger partial charge < -0.3 is 14.8 Å². The predicted molar refractivity (Wildman–Crippen MR) is 85.2 cm³/mol. The molecule has 0 aliphatic heterocycles. The van der Waals surface area contributed by atoms with E-state index in [9.17, 15) is 4.79 Å². The molecular weight excluding hydrogens is 266 g/mol. The molecule has 1 aromatic rings. The zero-order chi connectivity index (χ0) is 15.7. The second-order valence-electron chi connectivity index (χ2n) is 5.16. The molecule has 0 aromatic heterocycles. The minimum atomic E-state index is -0.140.